The van der Waals surface area contributed by atoms with Gasteiger partial charge < -0.3 is 13.4 Å². The number of hydrogen-bond acceptors (Lipinski definition) is 10. The summed E-state index contributed by atoms with van der Waals surface area (Å²) >= 11 is 3.38. The van der Waals surface area contributed by atoms with Gasteiger partial charge in [-0.3, -0.25) is 4.68 Å². The zero-order valence-corrected chi connectivity index (χ0v) is 60.8. The molecule has 0 atom stereocenters. The van der Waals surface area contributed by atoms with Gasteiger partial charge >= 0.3 is 0 Å². The van der Waals surface area contributed by atoms with Crippen LogP contribution >= 0.6 is 22.7 Å². The second-order valence-electron chi connectivity index (χ2n) is 14.6. The van der Waals surface area contributed by atoms with Gasteiger partial charge in [-0.25, -0.2) is 15.0 Å². The molecule has 490 valence electrons. The minimum atomic E-state index is 0. The maximum atomic E-state index is 4.95. The van der Waals surface area contributed by atoms with Gasteiger partial charge in [0.1, 0.15) is 5.65 Å². The molecular weight excluding hydrogens is 1110 g/mol. The summed E-state index contributed by atoms with van der Waals surface area (Å²) in [6.07, 6.45) is 11.1. The summed E-state index contributed by atoms with van der Waals surface area (Å²) in [7, 11) is 1.96. The fraction of sp³-hybridized carbons (Fsp3) is 0.440. The third-order valence-electron chi connectivity index (χ3n) is 9.43. The lowest BCUT2D eigenvalue weighted by Crippen LogP contribution is -1.87. The number of imidazole rings is 1. The van der Waals surface area contributed by atoms with Crippen molar-refractivity contribution in [2.45, 2.75) is 223 Å². The number of nitrogens with zero attached hydrogens (tertiary/aromatic N) is 8. The largest absolute Gasteiger partial charge is 0.356 e. The summed E-state index contributed by atoms with van der Waals surface area (Å²) < 4.78 is 16.3. The SMILES string of the molecule is C.C.CC.CC.CC.CC.CC.CC.CC.CC.CC.CC.CC.CC.Cc1ccc2c(cnn2C)c1.Cc1ccc2cnoc2c1.Cc1ccc2nccn2c1.Cc1ccc2ncsc2c1.Cc1ccc2oncc2c1.Cc1ccc2scnc2c1. The van der Waals surface area contributed by atoms with Crippen LogP contribution in [0.15, 0.2) is 160 Å². The van der Waals surface area contributed by atoms with Gasteiger partial charge in [-0.15, -0.1) is 22.7 Å². The highest BCUT2D eigenvalue weighted by Gasteiger charge is 1.99. The third kappa shape index (κ3) is 38.7. The van der Waals surface area contributed by atoms with Gasteiger partial charge in [0.25, 0.3) is 0 Å². The highest BCUT2D eigenvalue weighted by molar-refractivity contribution is 7.17. The van der Waals surface area contributed by atoms with Crippen molar-refractivity contribution in [3.8, 4) is 0 Å². The molecule has 87 heavy (non-hydrogen) atoms. The lowest BCUT2D eigenvalue weighted by atomic mass is 10.2. The van der Waals surface area contributed by atoms with Crippen molar-refractivity contribution in [2.75, 3.05) is 0 Å². The van der Waals surface area contributed by atoms with E-state index >= 15 is 0 Å². The maximum Gasteiger partial charge on any atom is 0.167 e. The number of fused-ring (bicyclic) bond motifs is 6. The maximum absolute atomic E-state index is 4.95. The van der Waals surface area contributed by atoms with E-state index in [0.29, 0.717) is 0 Å². The molecule has 0 saturated carbocycles. The monoisotopic (exact) mass is 1230 g/mol. The molecule has 0 spiro atoms. The fourth-order valence-corrected chi connectivity index (χ4v) is 7.64. The van der Waals surface area contributed by atoms with Crippen molar-refractivity contribution in [3.05, 3.63) is 185 Å². The van der Waals surface area contributed by atoms with Gasteiger partial charge in [0.15, 0.2) is 11.2 Å². The smallest absolute Gasteiger partial charge is 0.167 e. The Bertz CT molecular complexity index is 2870. The quantitative estimate of drug-likeness (QED) is 0.148. The highest BCUT2D eigenvalue weighted by atomic mass is 32.1. The first-order valence-electron chi connectivity index (χ1n) is 31.6. The Morgan fingerprint density at radius 1 is 0.368 bits per heavy atom. The summed E-state index contributed by atoms with van der Waals surface area (Å²) in [5, 5.41) is 14.8. The van der Waals surface area contributed by atoms with Crippen molar-refractivity contribution >= 4 is 81.6 Å². The number of aryl methyl sites for hydroxylation is 7. The Balaban J connectivity index is -0.000000133. The van der Waals surface area contributed by atoms with E-state index in [1.54, 1.807) is 41.3 Å². The molecule has 12 aromatic rings. The Kier molecular flexibility index (Phi) is 73.6. The second-order valence-corrected chi connectivity index (χ2v) is 16.4. The Hall–Kier alpha value is -7.02. The summed E-state index contributed by atoms with van der Waals surface area (Å²) in [5.41, 5.74) is 17.4. The molecule has 0 aliphatic heterocycles. The predicted octanol–water partition coefficient (Wildman–Crippen LogP) is 26.6. The minimum Gasteiger partial charge on any atom is -0.356 e. The summed E-state index contributed by atoms with van der Waals surface area (Å²) in [6, 6.07) is 35.0. The molecule has 0 aliphatic rings. The van der Waals surface area contributed by atoms with E-state index in [0.717, 1.165) is 38.6 Å². The van der Waals surface area contributed by atoms with Crippen LogP contribution in [0.1, 0.15) is 214 Å². The predicted molar refractivity (Wildman–Crippen MR) is 401 cm³/mol. The van der Waals surface area contributed by atoms with Crippen molar-refractivity contribution in [1.29, 1.82) is 0 Å². The van der Waals surface area contributed by atoms with Crippen LogP contribution < -0.4 is 0 Å². The first kappa shape index (κ1) is 96.3. The molecule has 7 aromatic heterocycles. The summed E-state index contributed by atoms with van der Waals surface area (Å²) in [5.74, 6) is 0. The number of pyridine rings is 1. The fourth-order valence-electron chi connectivity index (χ4n) is 6.20. The second kappa shape index (κ2) is 66.5. The summed E-state index contributed by atoms with van der Waals surface area (Å²) in [6.45, 7) is 60.4. The molecular formula is C75H126N8O2S2. The molecule has 5 aromatic carbocycles. The third-order valence-corrected chi connectivity index (χ3v) is 11.0. The van der Waals surface area contributed by atoms with E-state index < -0.39 is 0 Å². The van der Waals surface area contributed by atoms with E-state index in [-0.39, 0.29) is 14.9 Å². The lowest BCUT2D eigenvalue weighted by Gasteiger charge is -1.93. The standard InChI is InChI=1S/C9H10N2.C8H8N2.2C8H7NO.2C8H7NS.12C2H6.2CH4/c1-7-3-4-9-8(5-7)6-10-11(9)2;1-7-2-3-8-9-4-5-10(8)6-7;1-6-2-3-8-7(4-6)5-9-10-8;1-6-2-3-7-5-9-10-8(7)4-6;1-6-2-3-8-7(4-6)9-5-10-8;1-6-2-3-7-8(4-6)10-5-9-7;12*1-2;;/h3-6H,1-2H3;2-6H,1H3;4*2-5H,1H3;12*1-2H3;2*1H4. The molecule has 7 heterocycles. The van der Waals surface area contributed by atoms with E-state index in [9.17, 15) is 0 Å². The van der Waals surface area contributed by atoms with E-state index in [4.69, 9.17) is 9.05 Å². The van der Waals surface area contributed by atoms with Crippen LogP contribution in [0, 0.1) is 41.5 Å². The highest BCUT2D eigenvalue weighted by Crippen LogP contribution is 2.20. The van der Waals surface area contributed by atoms with Crippen molar-refractivity contribution < 1.29 is 9.05 Å². The molecule has 0 amide bonds. The first-order valence-corrected chi connectivity index (χ1v) is 33.3. The molecule has 0 radical (unpaired) electrons. The van der Waals surface area contributed by atoms with Crippen LogP contribution in [0.3, 0.4) is 0 Å². The van der Waals surface area contributed by atoms with Gasteiger partial charge in [-0.05, 0) is 131 Å². The van der Waals surface area contributed by atoms with Crippen molar-refractivity contribution in [1.82, 2.24) is 39.4 Å². The number of thiazole rings is 2. The number of benzene rings is 5. The average molecular weight is 1240 g/mol. The van der Waals surface area contributed by atoms with E-state index in [2.05, 4.69) is 125 Å². The van der Waals surface area contributed by atoms with Gasteiger partial charge in [0.05, 0.1) is 55.6 Å². The van der Waals surface area contributed by atoms with Crippen LogP contribution in [-0.4, -0.2) is 39.4 Å². The van der Waals surface area contributed by atoms with Crippen LogP contribution in [0.4, 0.5) is 0 Å². The van der Waals surface area contributed by atoms with Gasteiger partial charge in [-0.1, -0.05) is 239 Å². The van der Waals surface area contributed by atoms with Crippen molar-refractivity contribution in [2.24, 2.45) is 7.05 Å². The van der Waals surface area contributed by atoms with Crippen LogP contribution in [-0.2, 0) is 7.05 Å². The molecule has 0 fully saturated rings. The zero-order valence-electron chi connectivity index (χ0n) is 59.1. The number of rotatable bonds is 0. The van der Waals surface area contributed by atoms with E-state index in [1.165, 1.54) is 53.7 Å². The van der Waals surface area contributed by atoms with Gasteiger partial charge in [0, 0.05) is 41.8 Å². The Labute approximate surface area is 541 Å². The Morgan fingerprint density at radius 2 is 0.805 bits per heavy atom. The molecule has 0 aliphatic carbocycles. The Morgan fingerprint density at radius 3 is 1.39 bits per heavy atom. The van der Waals surface area contributed by atoms with Crippen LogP contribution in [0.25, 0.3) is 58.9 Å². The van der Waals surface area contributed by atoms with Gasteiger partial charge in [-0.2, -0.15) is 5.10 Å². The summed E-state index contributed by atoms with van der Waals surface area (Å²) in [4.78, 5) is 12.5. The molecule has 12 heteroatoms. The van der Waals surface area contributed by atoms with E-state index in [1.807, 2.05) is 262 Å². The molecule has 0 saturated heterocycles. The molecule has 0 unspecified atom stereocenters. The van der Waals surface area contributed by atoms with Crippen molar-refractivity contribution in [3.63, 3.8) is 0 Å². The van der Waals surface area contributed by atoms with Crippen LogP contribution in [0.5, 0.6) is 0 Å². The molecule has 0 bridgehead atoms. The normalized spacial score (nSPS) is 8.22. The molecule has 12 rings (SSSR count). The topological polar surface area (TPSA) is 113 Å². The first-order chi connectivity index (χ1) is 41.6. The lowest BCUT2D eigenvalue weighted by molar-refractivity contribution is 0.456. The molecule has 0 N–H and O–H groups in total. The molecule has 10 nitrogen and oxygen atoms in total. The average Bonchev–Trinajstić information content (AvgIpc) is 4.44. The van der Waals surface area contributed by atoms with Gasteiger partial charge in [0.2, 0.25) is 0 Å². The number of aromatic nitrogens is 8. The van der Waals surface area contributed by atoms with Crippen LogP contribution in [0.2, 0.25) is 0 Å². The zero-order chi connectivity index (χ0) is 66.7. The minimum absolute atomic E-state index is 0. The number of hydrogen-bond donors (Lipinski definition) is 0.